The van der Waals surface area contributed by atoms with Crippen LogP contribution >= 0.6 is 0 Å². The van der Waals surface area contributed by atoms with E-state index in [1.54, 1.807) is 0 Å². The zero-order valence-corrected chi connectivity index (χ0v) is 16.8. The summed E-state index contributed by atoms with van der Waals surface area (Å²) in [6.45, 7) is 3.80. The zero-order chi connectivity index (χ0) is 23.7. The number of fused-ring (bicyclic) bond motifs is 3. The van der Waals surface area contributed by atoms with Crippen LogP contribution in [0, 0.1) is 36.3 Å². The molecule has 2 aromatic carbocycles. The Hall–Kier alpha value is -4.42. The van der Waals surface area contributed by atoms with Gasteiger partial charge in [0.25, 0.3) is 17.1 Å². The average Bonchev–Trinajstić information content (AvgIpc) is 3.04. The fraction of sp³-hybridized carbons (Fsp3) is 0.263. The van der Waals surface area contributed by atoms with E-state index in [4.69, 9.17) is 4.74 Å². The number of carbonyl (C=O) groups is 1. The molecule has 2 aromatic rings. The number of non-ortho nitro benzene ring substituents is 2. The number of oxime groups is 1. The monoisotopic (exact) mass is 444 g/mol. The number of hydrogen-bond donors (Lipinski definition) is 1. The quantitative estimate of drug-likeness (QED) is 0.244. The Kier molecular flexibility index (Phi) is 5.83. The molecule has 0 saturated heterocycles. The Labute approximate surface area is 179 Å². The Morgan fingerprint density at radius 3 is 2.03 bits per heavy atom. The van der Waals surface area contributed by atoms with Gasteiger partial charge in [-0.15, -0.1) is 0 Å². The van der Waals surface area contributed by atoms with Gasteiger partial charge in [0.05, 0.1) is 38.6 Å². The third-order valence-corrected chi connectivity index (χ3v) is 4.85. The lowest BCUT2D eigenvalue weighted by Gasteiger charge is -2.11. The molecule has 1 N–H and O–H groups in total. The minimum atomic E-state index is -0.969. The van der Waals surface area contributed by atoms with Crippen LogP contribution in [-0.2, 0) is 4.74 Å². The smallest absolute Gasteiger partial charge is 0.339 e. The highest BCUT2D eigenvalue weighted by molar-refractivity contribution is 6.28. The molecule has 0 fully saturated rings. The van der Waals surface area contributed by atoms with E-state index in [1.165, 1.54) is 0 Å². The fourth-order valence-corrected chi connectivity index (χ4v) is 3.38. The summed E-state index contributed by atoms with van der Waals surface area (Å²) in [6, 6.07) is 3.53. The lowest BCUT2D eigenvalue weighted by molar-refractivity contribution is -0.393. The summed E-state index contributed by atoms with van der Waals surface area (Å²) in [6.07, 6.45) is 0.509. The number of rotatable bonds is 7. The first-order chi connectivity index (χ1) is 15.1. The molecule has 0 bridgehead atoms. The second-order valence-electron chi connectivity index (χ2n) is 7.34. The summed E-state index contributed by atoms with van der Waals surface area (Å²) in [5.41, 5.74) is -3.37. The van der Waals surface area contributed by atoms with Gasteiger partial charge in [0.1, 0.15) is 5.71 Å². The van der Waals surface area contributed by atoms with Crippen LogP contribution in [0.1, 0.15) is 41.8 Å². The van der Waals surface area contributed by atoms with Crippen molar-refractivity contribution in [3.63, 3.8) is 0 Å². The third kappa shape index (κ3) is 3.82. The van der Waals surface area contributed by atoms with Crippen LogP contribution in [0.5, 0.6) is 0 Å². The molecule has 166 valence electrons. The van der Waals surface area contributed by atoms with Crippen LogP contribution in [0.25, 0.3) is 11.1 Å². The summed E-state index contributed by atoms with van der Waals surface area (Å²) in [4.78, 5) is 44.6. The molecule has 1 aliphatic carbocycles. The summed E-state index contributed by atoms with van der Waals surface area (Å²) in [5.74, 6) is -0.766. The number of nitrogens with zero attached hydrogens (tertiary/aromatic N) is 4. The molecule has 0 atom stereocenters. The second kappa shape index (κ2) is 8.37. The summed E-state index contributed by atoms with van der Waals surface area (Å²) in [5, 5.41) is 47.0. The van der Waals surface area contributed by atoms with Crippen LogP contribution in [0.3, 0.4) is 0 Å². The van der Waals surface area contributed by atoms with Crippen molar-refractivity contribution in [2.75, 3.05) is 6.61 Å². The number of hydrogen-bond acceptors (Lipinski definition) is 10. The van der Waals surface area contributed by atoms with Gasteiger partial charge in [-0.25, -0.2) is 4.79 Å². The van der Waals surface area contributed by atoms with Crippen molar-refractivity contribution in [1.82, 2.24) is 0 Å². The highest BCUT2D eigenvalue weighted by Gasteiger charge is 2.39. The normalized spacial score (nSPS) is 13.0. The van der Waals surface area contributed by atoms with E-state index >= 15 is 0 Å². The molecule has 0 radical (unpaired) electrons. The van der Waals surface area contributed by atoms with Gasteiger partial charge >= 0.3 is 5.97 Å². The van der Waals surface area contributed by atoms with Gasteiger partial charge in [-0.2, -0.15) is 0 Å². The standard InChI is InChI=1S/C19H16N4O9/c1-9(2)3-4-32-19(24)14-7-10(21(26)27)5-12-16(14)17-13(18(12)20-25)6-11(22(28)29)8-15(17)23(30)31/h5-9,25H,3-4H2,1-2H3/b20-18-. The molecule has 32 heavy (non-hydrogen) atoms. The van der Waals surface area contributed by atoms with Crippen molar-refractivity contribution in [2.24, 2.45) is 11.1 Å². The number of nitro groups is 3. The first-order valence-corrected chi connectivity index (χ1v) is 9.26. The van der Waals surface area contributed by atoms with Crippen molar-refractivity contribution in [3.8, 4) is 11.1 Å². The van der Waals surface area contributed by atoms with Gasteiger partial charge in [0, 0.05) is 34.9 Å². The minimum Gasteiger partial charge on any atom is -0.462 e. The maximum atomic E-state index is 12.8. The van der Waals surface area contributed by atoms with Crippen molar-refractivity contribution in [2.45, 2.75) is 20.3 Å². The predicted molar refractivity (Wildman–Crippen MR) is 109 cm³/mol. The van der Waals surface area contributed by atoms with E-state index in [0.717, 1.165) is 18.2 Å². The van der Waals surface area contributed by atoms with E-state index in [-0.39, 0.29) is 46.1 Å². The Balaban J connectivity index is 2.33. The van der Waals surface area contributed by atoms with Crippen LogP contribution in [0.2, 0.25) is 0 Å². The fourth-order valence-electron chi connectivity index (χ4n) is 3.38. The molecular weight excluding hydrogens is 428 g/mol. The highest BCUT2D eigenvalue weighted by Crippen LogP contribution is 2.47. The Bertz CT molecular complexity index is 1200. The van der Waals surface area contributed by atoms with Gasteiger partial charge in [0.2, 0.25) is 0 Å². The average molecular weight is 444 g/mol. The van der Waals surface area contributed by atoms with Gasteiger partial charge in [-0.1, -0.05) is 19.0 Å². The van der Waals surface area contributed by atoms with Crippen LogP contribution < -0.4 is 0 Å². The molecule has 0 heterocycles. The van der Waals surface area contributed by atoms with E-state index in [2.05, 4.69) is 5.16 Å². The first-order valence-electron chi connectivity index (χ1n) is 9.26. The first kappa shape index (κ1) is 22.3. The van der Waals surface area contributed by atoms with Crippen LogP contribution in [-0.4, -0.2) is 38.3 Å². The maximum absolute atomic E-state index is 12.8. The maximum Gasteiger partial charge on any atom is 0.339 e. The van der Waals surface area contributed by atoms with E-state index in [9.17, 15) is 40.3 Å². The molecule has 0 aliphatic heterocycles. The van der Waals surface area contributed by atoms with Crippen molar-refractivity contribution >= 4 is 28.7 Å². The Morgan fingerprint density at radius 1 is 0.969 bits per heavy atom. The molecular formula is C19H16N4O9. The van der Waals surface area contributed by atoms with E-state index < -0.39 is 37.8 Å². The van der Waals surface area contributed by atoms with Gasteiger partial charge in [-0.3, -0.25) is 30.3 Å². The van der Waals surface area contributed by atoms with Gasteiger partial charge in [-0.05, 0) is 12.3 Å². The third-order valence-electron chi connectivity index (χ3n) is 4.85. The highest BCUT2D eigenvalue weighted by atomic mass is 16.6. The molecule has 0 unspecified atom stereocenters. The molecule has 0 amide bonds. The van der Waals surface area contributed by atoms with Crippen molar-refractivity contribution in [3.05, 3.63) is 71.3 Å². The van der Waals surface area contributed by atoms with Crippen molar-refractivity contribution < 1.29 is 29.5 Å². The number of nitro benzene ring substituents is 3. The molecule has 0 saturated carbocycles. The molecule has 0 spiro atoms. The minimum absolute atomic E-state index is 0.00409. The van der Waals surface area contributed by atoms with E-state index in [1.807, 2.05) is 13.8 Å². The molecule has 13 nitrogen and oxygen atoms in total. The summed E-state index contributed by atoms with van der Waals surface area (Å²) < 4.78 is 5.20. The largest absolute Gasteiger partial charge is 0.462 e. The lowest BCUT2D eigenvalue weighted by Crippen LogP contribution is -2.11. The van der Waals surface area contributed by atoms with Crippen molar-refractivity contribution in [1.29, 1.82) is 0 Å². The van der Waals surface area contributed by atoms with E-state index in [0.29, 0.717) is 12.5 Å². The number of carbonyl (C=O) groups excluding carboxylic acids is 1. The molecule has 1 aliphatic rings. The molecule has 13 heteroatoms. The molecule has 3 rings (SSSR count). The second-order valence-corrected chi connectivity index (χ2v) is 7.34. The number of ether oxygens (including phenoxy) is 1. The Morgan fingerprint density at radius 2 is 1.53 bits per heavy atom. The predicted octanol–water partition coefficient (Wildman–Crippen LogP) is 3.82. The number of esters is 1. The number of benzene rings is 2. The van der Waals surface area contributed by atoms with Gasteiger partial charge < -0.3 is 9.94 Å². The van der Waals surface area contributed by atoms with Crippen LogP contribution in [0.15, 0.2) is 29.4 Å². The van der Waals surface area contributed by atoms with Crippen LogP contribution in [0.4, 0.5) is 17.1 Å². The lowest BCUT2D eigenvalue weighted by atomic mass is 9.97. The zero-order valence-electron chi connectivity index (χ0n) is 16.8. The van der Waals surface area contributed by atoms with Gasteiger partial charge in [0.15, 0.2) is 0 Å². The topological polar surface area (TPSA) is 188 Å². The SMILES string of the molecule is CC(C)CCOC(=O)c1cc([N+](=O)[O-])cc2c1-c1c(cc([N+](=O)[O-])cc1[N+](=O)[O-])/C2=N\O. The summed E-state index contributed by atoms with van der Waals surface area (Å²) in [7, 11) is 0. The summed E-state index contributed by atoms with van der Waals surface area (Å²) >= 11 is 0. The molecule has 0 aromatic heterocycles.